The fourth-order valence-electron chi connectivity index (χ4n) is 2.86. The molecule has 0 spiro atoms. The Morgan fingerprint density at radius 3 is 1.30 bits per heavy atom. The van der Waals surface area contributed by atoms with Crippen LogP contribution in [0.15, 0.2) is 0 Å². The minimum atomic E-state index is 0. The number of hydrogen-bond acceptors (Lipinski definition) is 0. The topological polar surface area (TPSA) is 0 Å². The van der Waals surface area contributed by atoms with Crippen molar-refractivity contribution >= 4 is 0 Å². The molecule has 0 radical (unpaired) electrons. The van der Waals surface area contributed by atoms with Crippen LogP contribution in [-0.2, 0) is 0 Å². The summed E-state index contributed by atoms with van der Waals surface area (Å²) in [5.74, 6) is 2.31. The summed E-state index contributed by atoms with van der Waals surface area (Å²) in [6.45, 7) is 0. The van der Waals surface area contributed by atoms with Gasteiger partial charge in [-0.05, 0) is 11.8 Å². The van der Waals surface area contributed by atoms with Gasteiger partial charge in [0.1, 0.15) is 0 Å². The Bertz CT molecular complexity index is 90.7. The molecule has 0 N–H and O–H groups in total. The molecule has 0 unspecified atom stereocenters. The molecule has 0 atom stereocenters. The van der Waals surface area contributed by atoms with Gasteiger partial charge in [0, 0.05) is 4.40 Å². The summed E-state index contributed by atoms with van der Waals surface area (Å²) in [5, 5.41) is 0. The molecule has 0 nitrogen and oxygen atoms in total. The first-order chi connectivity index (χ1) is 5.97. The van der Waals surface area contributed by atoms with Crippen LogP contribution in [0.2, 0.25) is 0 Å². The van der Waals surface area contributed by atoms with Crippen molar-refractivity contribution in [2.45, 2.75) is 51.4 Å². The molecule has 2 aliphatic rings. The van der Waals surface area contributed by atoms with E-state index in [2.05, 4.69) is 0 Å². The second kappa shape index (κ2) is 2.94. The number of hydrogen-bond donors (Lipinski definition) is 0. The van der Waals surface area contributed by atoms with E-state index in [-0.39, 0.29) is 1.43 Å². The second-order valence-corrected chi connectivity index (χ2v) is 4.09. The van der Waals surface area contributed by atoms with E-state index in [1.807, 2.05) is 0 Å². The van der Waals surface area contributed by atoms with Gasteiger partial charge in [0.15, 0.2) is 0 Å². The largest absolute Gasteiger partial charge is 0.0530 e. The van der Waals surface area contributed by atoms with E-state index in [9.17, 15) is 0 Å². The number of fused-ring (bicyclic) bond motifs is 1. The van der Waals surface area contributed by atoms with Crippen molar-refractivity contribution in [1.29, 1.82) is 0 Å². The third kappa shape index (κ3) is 1.21. The standard InChI is InChI=1S/C10H18.2H2/c1-2-6-10-8-4-3-7-9(10)5-1;;/h9-10H,1-8H2;2*1H/i;1+1D;1+1. The Balaban J connectivity index is 0.000000451. The van der Waals surface area contributed by atoms with Gasteiger partial charge in [-0.1, -0.05) is 51.4 Å². The van der Waals surface area contributed by atoms with Gasteiger partial charge >= 0.3 is 0 Å². The monoisotopic (exact) mass is 145 g/mol. The predicted octanol–water partition coefficient (Wildman–Crippen LogP) is 3.86. The molecule has 0 aromatic carbocycles. The van der Waals surface area contributed by atoms with Crippen molar-refractivity contribution in [2.24, 2.45) is 11.8 Å². The van der Waals surface area contributed by atoms with Crippen molar-refractivity contribution in [1.82, 2.24) is 0 Å². The third-order valence-corrected chi connectivity index (χ3v) is 3.47. The van der Waals surface area contributed by atoms with E-state index in [1.165, 1.54) is 25.7 Å². The summed E-state index contributed by atoms with van der Waals surface area (Å²) < 4.78 is 10.0. The molecule has 62 valence electrons. The summed E-state index contributed by atoms with van der Waals surface area (Å²) >= 11 is 0. The normalized spacial score (nSPS) is 41.6. The van der Waals surface area contributed by atoms with Gasteiger partial charge in [-0.2, -0.15) is 0 Å². The van der Waals surface area contributed by atoms with Gasteiger partial charge in [0.2, 0.25) is 0 Å². The van der Waals surface area contributed by atoms with E-state index in [0.29, 0.717) is 0 Å². The molecule has 0 bridgehead atoms. The summed E-state index contributed by atoms with van der Waals surface area (Å²) in [6, 6.07) is 0. The zero-order valence-corrected chi connectivity index (χ0v) is 6.81. The average molecular weight is 145 g/mol. The molecule has 2 fully saturated rings. The second-order valence-electron chi connectivity index (χ2n) is 4.09. The molecular formula is C10H22. The Hall–Kier alpha value is 0. The van der Waals surface area contributed by atoms with Crippen LogP contribution >= 0.6 is 0 Å². The summed E-state index contributed by atoms with van der Waals surface area (Å²) in [6.07, 6.45) is 12.4. The Kier molecular flexibility index (Phi) is 1.65. The van der Waals surface area contributed by atoms with E-state index in [4.69, 9.17) is 2.97 Å². The minimum Gasteiger partial charge on any atom is -0.0530 e. The first kappa shape index (κ1) is 5.62. The highest BCUT2D eigenvalue weighted by Crippen LogP contribution is 2.39. The fraction of sp³-hybridized carbons (Fsp3) is 1.00. The molecule has 10 heavy (non-hydrogen) atoms. The highest BCUT2D eigenvalue weighted by Gasteiger charge is 2.26. The maximum absolute atomic E-state index is 5.00. The third-order valence-electron chi connectivity index (χ3n) is 3.47. The van der Waals surface area contributed by atoms with E-state index in [1.54, 1.807) is 25.7 Å². The van der Waals surface area contributed by atoms with Crippen molar-refractivity contribution < 1.29 is 4.40 Å². The zero-order valence-electron chi connectivity index (χ0n) is 8.81. The lowest BCUT2D eigenvalue weighted by atomic mass is 9.71. The Morgan fingerprint density at radius 1 is 0.700 bits per heavy atom. The zero-order chi connectivity index (χ0) is 8.81. The minimum absolute atomic E-state index is 0. The molecule has 0 saturated heterocycles. The lowest BCUT2D eigenvalue weighted by Gasteiger charge is -2.35. The molecule has 0 heterocycles. The molecule has 0 aromatic rings. The molecule has 2 rings (SSSR count). The van der Waals surface area contributed by atoms with Crippen molar-refractivity contribution in [3.63, 3.8) is 0 Å². The molecule has 0 heteroatoms. The van der Waals surface area contributed by atoms with Gasteiger partial charge in [0.05, 0.1) is 0 Å². The highest BCUT2D eigenvalue weighted by molar-refractivity contribution is 4.78. The van der Waals surface area contributed by atoms with Gasteiger partial charge in [-0.15, -0.1) is 0 Å². The van der Waals surface area contributed by atoms with E-state index < -0.39 is 0 Å². The predicted molar refractivity (Wildman–Crippen MR) is 48.1 cm³/mol. The molecular weight excluding hydrogens is 120 g/mol. The van der Waals surface area contributed by atoms with Crippen LogP contribution in [-0.4, -0.2) is 0 Å². The first-order valence-electron chi connectivity index (χ1n) is 5.97. The van der Waals surface area contributed by atoms with Crippen LogP contribution in [0.4, 0.5) is 0 Å². The summed E-state index contributed by atoms with van der Waals surface area (Å²) in [7, 11) is 0. The lowest BCUT2D eigenvalue weighted by Crippen LogP contribution is -2.22. The van der Waals surface area contributed by atoms with Crippen LogP contribution in [0.5, 0.6) is 0 Å². The SMILES string of the molecule is C1CCC2CCCCC2C1.[2HH].[2H][2H]. The fourth-order valence-corrected chi connectivity index (χ4v) is 2.86. The molecule has 2 aliphatic carbocycles. The Morgan fingerprint density at radius 2 is 1.00 bits per heavy atom. The van der Waals surface area contributed by atoms with Gasteiger partial charge in [-0.3, -0.25) is 0 Å². The van der Waals surface area contributed by atoms with E-state index >= 15 is 0 Å². The van der Waals surface area contributed by atoms with Gasteiger partial charge in [0.25, 0.3) is 0 Å². The van der Waals surface area contributed by atoms with E-state index in [0.717, 1.165) is 11.8 Å². The van der Waals surface area contributed by atoms with Crippen LogP contribution in [0.1, 0.15) is 55.8 Å². The van der Waals surface area contributed by atoms with Gasteiger partial charge in [-0.25, -0.2) is 0 Å². The average Bonchev–Trinajstić information content (AvgIpc) is 2.21. The maximum atomic E-state index is 5.00. The van der Waals surface area contributed by atoms with Crippen LogP contribution in [0.25, 0.3) is 0 Å². The molecule has 2 saturated carbocycles. The maximum Gasteiger partial charge on any atom is 0 e. The van der Waals surface area contributed by atoms with Crippen LogP contribution in [0, 0.1) is 11.8 Å². The highest BCUT2D eigenvalue weighted by atomic mass is 14.3. The van der Waals surface area contributed by atoms with Crippen molar-refractivity contribution in [3.05, 3.63) is 0 Å². The van der Waals surface area contributed by atoms with Gasteiger partial charge < -0.3 is 0 Å². The van der Waals surface area contributed by atoms with Crippen LogP contribution < -0.4 is 0 Å². The Labute approximate surface area is 68.6 Å². The summed E-state index contributed by atoms with van der Waals surface area (Å²) in [5.41, 5.74) is 0. The van der Waals surface area contributed by atoms with Crippen molar-refractivity contribution in [2.75, 3.05) is 0 Å². The van der Waals surface area contributed by atoms with Crippen LogP contribution in [0.3, 0.4) is 0 Å². The first-order valence-corrected chi connectivity index (χ1v) is 4.97. The molecule has 0 aliphatic heterocycles. The molecule has 0 amide bonds. The smallest absolute Gasteiger partial charge is 0 e. The lowest BCUT2D eigenvalue weighted by molar-refractivity contribution is 0.171. The number of rotatable bonds is 0. The summed E-state index contributed by atoms with van der Waals surface area (Å²) in [4.78, 5) is 0. The quantitative estimate of drug-likeness (QED) is 0.485. The molecule has 0 aromatic heterocycles. The van der Waals surface area contributed by atoms with Crippen molar-refractivity contribution in [3.8, 4) is 0 Å².